The monoisotopic (exact) mass is 276 g/mol. The molecule has 0 saturated heterocycles. The minimum Gasteiger partial charge on any atom is -0.368 e. The van der Waals surface area contributed by atoms with Gasteiger partial charge in [0, 0.05) is 54.1 Å². The van der Waals surface area contributed by atoms with E-state index in [1.54, 1.807) is 0 Å². The van der Waals surface area contributed by atoms with E-state index < -0.39 is 0 Å². The van der Waals surface area contributed by atoms with E-state index in [2.05, 4.69) is 35.9 Å². The Labute approximate surface area is 84.7 Å². The van der Waals surface area contributed by atoms with Crippen LogP contribution in [0.2, 0.25) is 0 Å². The predicted octanol–water partition coefficient (Wildman–Crippen LogP) is 0.767. The first-order chi connectivity index (χ1) is 5.75. The Bertz CT molecular complexity index is 301. The molecule has 0 atom stereocenters. The summed E-state index contributed by atoms with van der Waals surface area (Å²) in [4.78, 5) is 8.15. The zero-order chi connectivity index (χ0) is 8.55. The number of fused-ring (bicyclic) bond motifs is 1. The van der Waals surface area contributed by atoms with Crippen molar-refractivity contribution in [1.29, 1.82) is 0 Å². The number of aromatic nitrogens is 2. The molecule has 0 saturated carbocycles. The molecule has 2 heterocycles. The normalized spacial score (nSPS) is 17.4. The number of nitrogens with two attached hydrogens (primary N) is 1. The first-order valence-electron chi connectivity index (χ1n) is 3.76. The summed E-state index contributed by atoms with van der Waals surface area (Å²) in [6, 6.07) is 0. The zero-order valence-corrected chi connectivity index (χ0v) is 8.65. The van der Waals surface area contributed by atoms with E-state index in [0.717, 1.165) is 25.2 Å². The van der Waals surface area contributed by atoms with E-state index in [-0.39, 0.29) is 0 Å². The summed E-state index contributed by atoms with van der Waals surface area (Å²) >= 11 is 2.31. The van der Waals surface area contributed by atoms with Gasteiger partial charge >= 0.3 is 0 Å². The van der Waals surface area contributed by atoms with Gasteiger partial charge in [0.2, 0.25) is 5.95 Å². The van der Waals surface area contributed by atoms with Gasteiger partial charge in [0.05, 0.1) is 5.69 Å². The lowest BCUT2D eigenvalue weighted by atomic mass is 10.1. The summed E-state index contributed by atoms with van der Waals surface area (Å²) in [5.41, 5.74) is 7.78. The zero-order valence-electron chi connectivity index (χ0n) is 6.50. The van der Waals surface area contributed by atoms with Crippen LogP contribution in [0, 0.1) is 0 Å². The van der Waals surface area contributed by atoms with Crippen molar-refractivity contribution in [2.75, 3.05) is 12.3 Å². The molecule has 1 aromatic heterocycles. The lowest BCUT2D eigenvalue weighted by Crippen LogP contribution is -2.23. The highest BCUT2D eigenvalue weighted by atomic mass is 127. The molecule has 0 aliphatic carbocycles. The van der Waals surface area contributed by atoms with Crippen molar-refractivity contribution in [1.82, 2.24) is 13.1 Å². The highest BCUT2D eigenvalue weighted by molar-refractivity contribution is 14.1. The standard InChI is InChI=1S/C7H9IN4/c8-12-2-1-6-5(4-12)3-10-7(9)11-6/h3H,1-2,4H2,(H2,9,10,11). The Morgan fingerprint density at radius 3 is 3.25 bits per heavy atom. The molecule has 0 aromatic carbocycles. The average Bonchev–Trinajstić information content (AvgIpc) is 2.05. The van der Waals surface area contributed by atoms with E-state index in [1.165, 1.54) is 5.56 Å². The van der Waals surface area contributed by atoms with Crippen LogP contribution in [0.3, 0.4) is 0 Å². The third-order valence-electron chi connectivity index (χ3n) is 1.91. The molecule has 4 nitrogen and oxygen atoms in total. The van der Waals surface area contributed by atoms with Crippen LogP contribution < -0.4 is 5.73 Å². The van der Waals surface area contributed by atoms with E-state index >= 15 is 0 Å². The Morgan fingerprint density at radius 1 is 1.58 bits per heavy atom. The highest BCUT2D eigenvalue weighted by Gasteiger charge is 2.15. The van der Waals surface area contributed by atoms with E-state index in [9.17, 15) is 0 Å². The van der Waals surface area contributed by atoms with Gasteiger partial charge in [-0.15, -0.1) is 0 Å². The molecule has 0 bridgehead atoms. The molecule has 0 spiro atoms. The number of hydrogen-bond donors (Lipinski definition) is 1. The van der Waals surface area contributed by atoms with Crippen molar-refractivity contribution in [3.8, 4) is 0 Å². The molecule has 2 N–H and O–H groups in total. The van der Waals surface area contributed by atoms with Gasteiger partial charge in [0.15, 0.2) is 0 Å². The predicted molar refractivity (Wildman–Crippen MR) is 54.6 cm³/mol. The minimum absolute atomic E-state index is 0.385. The number of rotatable bonds is 0. The second kappa shape index (κ2) is 3.14. The van der Waals surface area contributed by atoms with Crippen molar-refractivity contribution < 1.29 is 0 Å². The van der Waals surface area contributed by atoms with Gasteiger partial charge in [-0.05, 0) is 0 Å². The Kier molecular flexibility index (Phi) is 2.14. The molecule has 2 rings (SSSR count). The summed E-state index contributed by atoms with van der Waals surface area (Å²) in [7, 11) is 0. The van der Waals surface area contributed by atoms with Crippen molar-refractivity contribution in [2.24, 2.45) is 0 Å². The molecule has 0 radical (unpaired) electrons. The fraction of sp³-hybridized carbons (Fsp3) is 0.429. The first kappa shape index (κ1) is 8.18. The fourth-order valence-corrected chi connectivity index (χ4v) is 1.91. The largest absolute Gasteiger partial charge is 0.368 e. The van der Waals surface area contributed by atoms with Gasteiger partial charge < -0.3 is 5.73 Å². The van der Waals surface area contributed by atoms with Gasteiger partial charge in [-0.2, -0.15) is 0 Å². The maximum atomic E-state index is 5.48. The summed E-state index contributed by atoms with van der Waals surface area (Å²) in [6.45, 7) is 1.97. The second-order valence-electron chi connectivity index (χ2n) is 2.79. The van der Waals surface area contributed by atoms with E-state index in [1.807, 2.05) is 6.20 Å². The molecule has 5 heteroatoms. The van der Waals surface area contributed by atoms with Crippen molar-refractivity contribution in [3.05, 3.63) is 17.5 Å². The quantitative estimate of drug-likeness (QED) is 0.561. The van der Waals surface area contributed by atoms with Crippen LogP contribution in [0.15, 0.2) is 6.20 Å². The molecule has 1 aromatic rings. The lowest BCUT2D eigenvalue weighted by molar-refractivity contribution is 0.473. The Balaban J connectivity index is 2.37. The molecular formula is C7H9IN4. The van der Waals surface area contributed by atoms with Crippen LogP contribution >= 0.6 is 22.9 Å². The maximum absolute atomic E-state index is 5.48. The number of hydrogen-bond acceptors (Lipinski definition) is 4. The van der Waals surface area contributed by atoms with Crippen LogP contribution in [0.25, 0.3) is 0 Å². The van der Waals surface area contributed by atoms with Crippen LogP contribution in [0.5, 0.6) is 0 Å². The summed E-state index contributed by atoms with van der Waals surface area (Å²) < 4.78 is 2.22. The number of nitrogens with zero attached hydrogens (tertiary/aromatic N) is 3. The maximum Gasteiger partial charge on any atom is 0.220 e. The second-order valence-corrected chi connectivity index (χ2v) is 4.16. The van der Waals surface area contributed by atoms with Crippen molar-refractivity contribution in [3.63, 3.8) is 0 Å². The molecule has 0 unspecified atom stereocenters. The Hall–Kier alpha value is -0.430. The number of anilines is 1. The van der Waals surface area contributed by atoms with E-state index in [0.29, 0.717) is 5.95 Å². The number of halogens is 1. The molecule has 0 fully saturated rings. The SMILES string of the molecule is Nc1ncc2c(n1)CCN(I)C2. The first-order valence-corrected chi connectivity index (χ1v) is 4.73. The van der Waals surface area contributed by atoms with Gasteiger partial charge in [-0.3, -0.25) is 0 Å². The van der Waals surface area contributed by atoms with Crippen molar-refractivity contribution >= 4 is 28.8 Å². The fourth-order valence-electron chi connectivity index (χ4n) is 1.30. The third-order valence-corrected chi connectivity index (χ3v) is 2.73. The smallest absolute Gasteiger partial charge is 0.220 e. The van der Waals surface area contributed by atoms with E-state index in [4.69, 9.17) is 5.73 Å². The third kappa shape index (κ3) is 1.51. The molecule has 0 amide bonds. The van der Waals surface area contributed by atoms with Gasteiger partial charge in [-0.25, -0.2) is 13.1 Å². The van der Waals surface area contributed by atoms with Crippen LogP contribution in [0.4, 0.5) is 5.95 Å². The highest BCUT2D eigenvalue weighted by Crippen LogP contribution is 2.18. The summed E-state index contributed by atoms with van der Waals surface area (Å²) in [5.74, 6) is 0.385. The summed E-state index contributed by atoms with van der Waals surface area (Å²) in [5, 5.41) is 0. The minimum atomic E-state index is 0.385. The molecule has 1 aliphatic rings. The van der Waals surface area contributed by atoms with Gasteiger partial charge in [0.1, 0.15) is 0 Å². The average molecular weight is 276 g/mol. The topological polar surface area (TPSA) is 55.0 Å². The molecule has 12 heavy (non-hydrogen) atoms. The van der Waals surface area contributed by atoms with Crippen LogP contribution in [0.1, 0.15) is 11.3 Å². The molecular weight excluding hydrogens is 267 g/mol. The van der Waals surface area contributed by atoms with Crippen LogP contribution in [-0.2, 0) is 13.0 Å². The van der Waals surface area contributed by atoms with Gasteiger partial charge in [-0.1, -0.05) is 0 Å². The van der Waals surface area contributed by atoms with Crippen molar-refractivity contribution in [2.45, 2.75) is 13.0 Å². The van der Waals surface area contributed by atoms with Gasteiger partial charge in [0.25, 0.3) is 0 Å². The summed E-state index contributed by atoms with van der Waals surface area (Å²) in [6.07, 6.45) is 2.80. The number of nitrogen functional groups attached to an aromatic ring is 1. The molecule has 64 valence electrons. The molecule has 1 aliphatic heterocycles. The lowest BCUT2D eigenvalue weighted by Gasteiger charge is -2.21. The van der Waals surface area contributed by atoms with Crippen LogP contribution in [-0.4, -0.2) is 19.6 Å². The Morgan fingerprint density at radius 2 is 2.42 bits per heavy atom.